The van der Waals surface area contributed by atoms with E-state index in [0.29, 0.717) is 16.9 Å². The van der Waals surface area contributed by atoms with Crippen molar-refractivity contribution in [2.75, 3.05) is 5.32 Å². The van der Waals surface area contributed by atoms with Crippen LogP contribution in [0, 0.1) is 0 Å². The molecule has 0 saturated heterocycles. The van der Waals surface area contributed by atoms with E-state index in [2.05, 4.69) is 20.0 Å². The highest BCUT2D eigenvalue weighted by atomic mass is 19.4. The summed E-state index contributed by atoms with van der Waals surface area (Å²) >= 11 is 0. The van der Waals surface area contributed by atoms with E-state index in [9.17, 15) is 13.2 Å². The van der Waals surface area contributed by atoms with Gasteiger partial charge in [-0.1, -0.05) is 24.3 Å². The van der Waals surface area contributed by atoms with Crippen molar-refractivity contribution in [1.82, 2.24) is 14.4 Å². The van der Waals surface area contributed by atoms with Gasteiger partial charge in [-0.3, -0.25) is 4.40 Å². The van der Waals surface area contributed by atoms with Gasteiger partial charge < -0.3 is 10.1 Å². The van der Waals surface area contributed by atoms with E-state index in [1.807, 2.05) is 28.7 Å². The number of fused-ring (bicyclic) bond motifs is 3. The van der Waals surface area contributed by atoms with Gasteiger partial charge in [0.25, 0.3) is 0 Å². The molecule has 5 nitrogen and oxygen atoms in total. The van der Waals surface area contributed by atoms with Gasteiger partial charge in [0.1, 0.15) is 5.52 Å². The quantitative estimate of drug-likeness (QED) is 0.593. The van der Waals surface area contributed by atoms with Crippen molar-refractivity contribution in [3.63, 3.8) is 0 Å². The molecule has 4 aromatic rings. The van der Waals surface area contributed by atoms with Crippen molar-refractivity contribution < 1.29 is 17.9 Å². The van der Waals surface area contributed by atoms with Gasteiger partial charge >= 0.3 is 6.36 Å². The molecule has 0 fully saturated rings. The fraction of sp³-hybridized carbons (Fsp3) is 0.0588. The van der Waals surface area contributed by atoms with Gasteiger partial charge in [0.05, 0.1) is 29.2 Å². The zero-order valence-electron chi connectivity index (χ0n) is 12.7. The summed E-state index contributed by atoms with van der Waals surface area (Å²) in [5.41, 5.74) is 2.33. The molecule has 0 aliphatic carbocycles. The monoisotopic (exact) mass is 344 g/mol. The Kier molecular flexibility index (Phi) is 3.45. The van der Waals surface area contributed by atoms with Crippen LogP contribution in [0.1, 0.15) is 0 Å². The van der Waals surface area contributed by atoms with Crippen LogP contribution in [0.3, 0.4) is 0 Å². The molecule has 0 spiro atoms. The van der Waals surface area contributed by atoms with Crippen LogP contribution in [0.25, 0.3) is 16.6 Å². The molecule has 0 aliphatic rings. The fourth-order valence-electron chi connectivity index (χ4n) is 2.61. The first-order valence-corrected chi connectivity index (χ1v) is 7.34. The number of imidazole rings is 1. The van der Waals surface area contributed by atoms with Crippen LogP contribution < -0.4 is 10.1 Å². The van der Waals surface area contributed by atoms with Crippen molar-refractivity contribution in [2.45, 2.75) is 6.36 Å². The topological polar surface area (TPSA) is 51.5 Å². The minimum absolute atomic E-state index is 0.158. The number of nitrogens with one attached hydrogen (secondary N) is 1. The van der Waals surface area contributed by atoms with E-state index in [4.69, 9.17) is 0 Å². The minimum Gasteiger partial charge on any atom is -0.404 e. The lowest BCUT2D eigenvalue weighted by Gasteiger charge is -2.15. The van der Waals surface area contributed by atoms with Crippen molar-refractivity contribution in [3.05, 3.63) is 61.1 Å². The predicted octanol–water partition coefficient (Wildman–Crippen LogP) is 4.52. The van der Waals surface area contributed by atoms with E-state index in [1.165, 1.54) is 18.2 Å². The molecule has 0 saturated carbocycles. The first-order valence-electron chi connectivity index (χ1n) is 7.34. The smallest absolute Gasteiger partial charge is 0.404 e. The number of para-hydroxylation sites is 4. The summed E-state index contributed by atoms with van der Waals surface area (Å²) in [6.07, 6.45) is -1.56. The average Bonchev–Trinajstić information content (AvgIpc) is 3.06. The predicted molar refractivity (Wildman–Crippen MR) is 86.9 cm³/mol. The highest BCUT2D eigenvalue weighted by Crippen LogP contribution is 2.33. The van der Waals surface area contributed by atoms with E-state index in [0.717, 1.165) is 5.52 Å². The highest BCUT2D eigenvalue weighted by molar-refractivity contribution is 5.86. The summed E-state index contributed by atoms with van der Waals surface area (Å²) < 4.78 is 43.7. The van der Waals surface area contributed by atoms with E-state index < -0.39 is 6.36 Å². The zero-order valence-corrected chi connectivity index (χ0v) is 12.7. The summed E-state index contributed by atoms with van der Waals surface area (Å²) in [5.74, 6) is 0.0528. The summed E-state index contributed by atoms with van der Waals surface area (Å²) in [5, 5.41) is 2.92. The highest BCUT2D eigenvalue weighted by Gasteiger charge is 2.32. The third-order valence-corrected chi connectivity index (χ3v) is 3.62. The summed E-state index contributed by atoms with van der Waals surface area (Å²) in [6.45, 7) is 0. The maximum absolute atomic E-state index is 12.6. The molecular formula is C17H11F3N4O. The second-order valence-corrected chi connectivity index (χ2v) is 5.27. The number of aromatic nitrogens is 3. The normalized spacial score (nSPS) is 11.8. The molecule has 2 aromatic heterocycles. The minimum atomic E-state index is -4.78. The van der Waals surface area contributed by atoms with Crippen LogP contribution in [-0.2, 0) is 0 Å². The van der Waals surface area contributed by atoms with Crippen LogP contribution >= 0.6 is 0 Å². The SMILES string of the molecule is FC(F)(F)Oc1ccccc1Nc1nc2ccccc2n2cncc12. The number of ether oxygens (including phenoxy) is 1. The third-order valence-electron chi connectivity index (χ3n) is 3.62. The maximum atomic E-state index is 12.6. The van der Waals surface area contributed by atoms with Gasteiger partial charge in [0.15, 0.2) is 11.6 Å². The van der Waals surface area contributed by atoms with Gasteiger partial charge in [-0.15, -0.1) is 13.2 Å². The van der Waals surface area contributed by atoms with Crippen molar-refractivity contribution in [1.29, 1.82) is 0 Å². The lowest BCUT2D eigenvalue weighted by atomic mass is 10.2. The Balaban J connectivity index is 1.82. The van der Waals surface area contributed by atoms with Crippen LogP contribution in [0.4, 0.5) is 24.7 Å². The lowest BCUT2D eigenvalue weighted by Crippen LogP contribution is -2.18. The maximum Gasteiger partial charge on any atom is 0.573 e. The van der Waals surface area contributed by atoms with Crippen LogP contribution in [0.5, 0.6) is 5.75 Å². The molecule has 0 unspecified atom stereocenters. The number of hydrogen-bond donors (Lipinski definition) is 1. The van der Waals surface area contributed by atoms with Crippen LogP contribution in [0.15, 0.2) is 61.1 Å². The Labute approximate surface area is 139 Å². The summed E-state index contributed by atoms with van der Waals surface area (Å²) in [4.78, 5) is 8.61. The van der Waals surface area contributed by atoms with Crippen molar-refractivity contribution in [3.8, 4) is 5.75 Å². The number of hydrogen-bond acceptors (Lipinski definition) is 4. The first-order chi connectivity index (χ1) is 12.0. The number of halogens is 3. The number of alkyl halides is 3. The summed E-state index contributed by atoms with van der Waals surface area (Å²) in [7, 11) is 0. The molecule has 126 valence electrons. The van der Waals surface area contributed by atoms with Gasteiger partial charge in [-0.05, 0) is 24.3 Å². The van der Waals surface area contributed by atoms with Crippen LogP contribution in [0.2, 0.25) is 0 Å². The molecule has 0 amide bonds. The van der Waals surface area contributed by atoms with Gasteiger partial charge in [0.2, 0.25) is 0 Å². The van der Waals surface area contributed by atoms with Crippen molar-refractivity contribution >= 4 is 28.1 Å². The summed E-state index contributed by atoms with van der Waals surface area (Å²) in [6, 6.07) is 13.2. The second-order valence-electron chi connectivity index (χ2n) is 5.27. The molecule has 0 radical (unpaired) electrons. The molecule has 25 heavy (non-hydrogen) atoms. The number of rotatable bonds is 3. The van der Waals surface area contributed by atoms with Gasteiger partial charge in [-0.2, -0.15) is 0 Å². The Morgan fingerprint density at radius 2 is 1.72 bits per heavy atom. The standard InChI is InChI=1S/C17H11F3N4O/c18-17(19,20)25-15-8-4-2-6-12(15)23-16-14-9-21-10-24(14)13-7-3-1-5-11(13)22-16/h1-10H,(H,22,23). The Hall–Kier alpha value is -3.29. The van der Waals surface area contributed by atoms with Gasteiger partial charge in [-0.25, -0.2) is 9.97 Å². The number of benzene rings is 2. The molecule has 2 heterocycles. The first kappa shape index (κ1) is 15.3. The van der Waals surface area contributed by atoms with E-state index in [-0.39, 0.29) is 11.4 Å². The zero-order chi connectivity index (χ0) is 17.4. The molecule has 0 bridgehead atoms. The Bertz CT molecular complexity index is 1060. The number of anilines is 2. The van der Waals surface area contributed by atoms with E-state index >= 15 is 0 Å². The molecular weight excluding hydrogens is 333 g/mol. The molecule has 8 heteroatoms. The second kappa shape index (κ2) is 5.66. The molecule has 0 atom stereocenters. The Morgan fingerprint density at radius 1 is 0.960 bits per heavy atom. The van der Waals surface area contributed by atoms with E-state index in [1.54, 1.807) is 18.6 Å². The third kappa shape index (κ3) is 2.93. The van der Waals surface area contributed by atoms with Crippen molar-refractivity contribution in [2.24, 2.45) is 0 Å². The number of nitrogens with zero attached hydrogens (tertiary/aromatic N) is 3. The lowest BCUT2D eigenvalue weighted by molar-refractivity contribution is -0.274. The average molecular weight is 344 g/mol. The molecule has 2 aromatic carbocycles. The molecule has 0 aliphatic heterocycles. The molecule has 4 rings (SSSR count). The van der Waals surface area contributed by atoms with Crippen LogP contribution in [-0.4, -0.2) is 20.7 Å². The molecule has 1 N–H and O–H groups in total. The largest absolute Gasteiger partial charge is 0.573 e. The Morgan fingerprint density at radius 3 is 2.56 bits per heavy atom. The fourth-order valence-corrected chi connectivity index (χ4v) is 2.61. The van der Waals surface area contributed by atoms with Gasteiger partial charge in [0, 0.05) is 0 Å².